The number of hydrogen-bond donors (Lipinski definition) is 4. The van der Waals surface area contributed by atoms with E-state index >= 15 is 0 Å². The van der Waals surface area contributed by atoms with Gasteiger partial charge in [0.15, 0.2) is 5.82 Å². The number of rotatable bonds is 9. The third-order valence-electron chi connectivity index (χ3n) is 11.3. The van der Waals surface area contributed by atoms with Crippen molar-refractivity contribution in [3.05, 3.63) is 59.8 Å². The predicted molar refractivity (Wildman–Crippen MR) is 195 cm³/mol. The molecule has 15 nitrogen and oxygen atoms in total. The Morgan fingerprint density at radius 3 is 2.70 bits per heavy atom. The van der Waals surface area contributed by atoms with Gasteiger partial charge in [-0.15, -0.1) is 0 Å². The molecule has 2 aliphatic carbocycles. The van der Waals surface area contributed by atoms with Gasteiger partial charge in [0.2, 0.25) is 27.7 Å². The molecule has 2 aliphatic heterocycles. The van der Waals surface area contributed by atoms with Crippen molar-refractivity contribution in [2.45, 2.75) is 113 Å². The van der Waals surface area contributed by atoms with E-state index in [9.17, 15) is 32.3 Å². The Kier molecular flexibility index (Phi) is 10.3. The predicted octanol–water partition coefficient (Wildman–Crippen LogP) is 2.40. The number of para-hydroxylation sites is 1. The average Bonchev–Trinajstić information content (AvgIpc) is 3.94. The van der Waals surface area contributed by atoms with Crippen LogP contribution >= 0.6 is 0 Å². The molecule has 4 aliphatic rings. The van der Waals surface area contributed by atoms with E-state index in [0.29, 0.717) is 49.7 Å². The molecular formula is C37H47FN8O7S. The van der Waals surface area contributed by atoms with Crippen LogP contribution in [0.5, 0.6) is 5.88 Å². The lowest BCUT2D eigenvalue weighted by atomic mass is 10.0. The molecule has 54 heavy (non-hydrogen) atoms. The highest BCUT2D eigenvalue weighted by atomic mass is 32.2. The van der Waals surface area contributed by atoms with Crippen molar-refractivity contribution in [1.82, 2.24) is 40.0 Å². The molecule has 2 saturated carbocycles. The largest absolute Gasteiger partial charge is 0.471 e. The lowest BCUT2D eigenvalue weighted by Crippen LogP contribution is -2.60. The zero-order chi connectivity index (χ0) is 38.4. The summed E-state index contributed by atoms with van der Waals surface area (Å²) in [6.07, 6.45) is 7.74. The Labute approximate surface area is 313 Å². The number of aliphatic hydroxyl groups excluding tert-OH is 1. The number of amides is 3. The molecule has 6 atom stereocenters. The minimum absolute atomic E-state index is 0.00338. The normalized spacial score (nSPS) is 28.2. The summed E-state index contributed by atoms with van der Waals surface area (Å²) < 4.78 is 50.4. The number of hydrogen-bond acceptors (Lipinski definition) is 10. The molecule has 3 amide bonds. The van der Waals surface area contributed by atoms with E-state index in [0.717, 1.165) is 12.8 Å². The highest BCUT2D eigenvalue weighted by Crippen LogP contribution is 2.49. The van der Waals surface area contributed by atoms with E-state index in [1.54, 1.807) is 32.2 Å². The fraction of sp³-hybridized carbons (Fsp3) is 0.568. The molecule has 7 rings (SSSR count). The molecule has 2 unspecified atom stereocenters. The minimum Gasteiger partial charge on any atom is -0.471 e. The first-order valence-corrected chi connectivity index (χ1v) is 20.1. The van der Waals surface area contributed by atoms with Crippen LogP contribution in [-0.4, -0.2) is 97.1 Å². The van der Waals surface area contributed by atoms with Gasteiger partial charge < -0.3 is 25.4 Å². The Morgan fingerprint density at radius 2 is 1.98 bits per heavy atom. The smallest absolute Gasteiger partial charge is 0.270 e. The summed E-state index contributed by atoms with van der Waals surface area (Å²) in [7, 11) is -2.29. The molecule has 0 bridgehead atoms. The number of aryl methyl sites for hydroxylation is 2. The molecule has 1 aromatic carbocycles. The van der Waals surface area contributed by atoms with E-state index in [4.69, 9.17) is 4.74 Å². The van der Waals surface area contributed by atoms with E-state index in [2.05, 4.69) is 30.4 Å². The van der Waals surface area contributed by atoms with Gasteiger partial charge in [-0.05, 0) is 70.1 Å². The Balaban J connectivity index is 1.21. The van der Waals surface area contributed by atoms with Crippen LogP contribution in [-0.2, 0) is 33.1 Å². The van der Waals surface area contributed by atoms with Gasteiger partial charge in [-0.1, -0.05) is 38.0 Å². The van der Waals surface area contributed by atoms with Crippen molar-refractivity contribution in [2.24, 2.45) is 13.0 Å². The van der Waals surface area contributed by atoms with Gasteiger partial charge in [0.1, 0.15) is 41.3 Å². The van der Waals surface area contributed by atoms with Crippen LogP contribution in [0.15, 0.2) is 42.6 Å². The number of sulfonamides is 1. The number of aromatic nitrogens is 4. The second-order valence-corrected chi connectivity index (χ2v) is 17.4. The van der Waals surface area contributed by atoms with E-state index in [1.807, 2.05) is 19.1 Å². The van der Waals surface area contributed by atoms with Crippen molar-refractivity contribution >= 4 is 38.8 Å². The summed E-state index contributed by atoms with van der Waals surface area (Å²) >= 11 is 0. The summed E-state index contributed by atoms with van der Waals surface area (Å²) in [6.45, 7) is 3.40. The molecule has 4 heterocycles. The van der Waals surface area contributed by atoms with Gasteiger partial charge in [0.25, 0.3) is 5.91 Å². The first-order chi connectivity index (χ1) is 25.7. The highest BCUT2D eigenvalue weighted by Gasteiger charge is 2.62. The highest BCUT2D eigenvalue weighted by molar-refractivity contribution is 7.91. The van der Waals surface area contributed by atoms with Crippen molar-refractivity contribution < 1.29 is 37.0 Å². The molecule has 3 fully saturated rings. The molecule has 0 radical (unpaired) electrons. The van der Waals surface area contributed by atoms with Gasteiger partial charge in [-0.25, -0.2) is 22.8 Å². The number of nitrogens with zero attached hydrogens (tertiary/aromatic N) is 5. The molecule has 1 saturated heterocycles. The van der Waals surface area contributed by atoms with E-state index in [-0.39, 0.29) is 42.4 Å². The molecular weight excluding hydrogens is 720 g/mol. The van der Waals surface area contributed by atoms with E-state index < -0.39 is 68.3 Å². The quantitative estimate of drug-likeness (QED) is 0.185. The lowest BCUT2D eigenvalue weighted by molar-refractivity contribution is -0.140. The second kappa shape index (κ2) is 14.6. The van der Waals surface area contributed by atoms with Crippen molar-refractivity contribution in [1.29, 1.82) is 0 Å². The van der Waals surface area contributed by atoms with Crippen molar-refractivity contribution in [3.8, 4) is 5.88 Å². The van der Waals surface area contributed by atoms with Crippen LogP contribution < -0.4 is 20.1 Å². The molecule has 0 spiro atoms. The molecule has 4 N–H and O–H groups in total. The average molecular weight is 767 g/mol. The third-order valence-corrected chi connectivity index (χ3v) is 13.5. The lowest BCUT2D eigenvalue weighted by Gasteiger charge is -2.32. The van der Waals surface area contributed by atoms with Crippen LogP contribution in [0.25, 0.3) is 11.0 Å². The number of ether oxygens (including phenoxy) is 1. The van der Waals surface area contributed by atoms with Crippen LogP contribution in [0, 0.1) is 11.7 Å². The van der Waals surface area contributed by atoms with Gasteiger partial charge >= 0.3 is 0 Å². The zero-order valence-corrected chi connectivity index (χ0v) is 31.4. The Bertz CT molecular complexity index is 2090. The number of fused-ring (bicyclic) bond motifs is 3. The zero-order valence-electron chi connectivity index (χ0n) is 30.6. The van der Waals surface area contributed by atoms with E-state index in [1.165, 1.54) is 21.8 Å². The van der Waals surface area contributed by atoms with Gasteiger partial charge in [-0.2, -0.15) is 9.82 Å². The number of aliphatic hydroxyl groups is 1. The SMILES string of the molecule is CCc1nc2cccc(F)c2nc1O[C@@H]1C[C@H]2C(=O)N[C@]3(C(O)NS(=O)(=O)C4(C)CC4)CC3/C=C\CCCCC[C@H](NC(=O)c3ccnn3C)C(=O)N2C1. The summed E-state index contributed by atoms with van der Waals surface area (Å²) in [5, 5.41) is 21.4. The molecule has 2 aromatic heterocycles. The minimum atomic E-state index is -3.91. The third kappa shape index (κ3) is 7.32. The Morgan fingerprint density at radius 1 is 1.19 bits per heavy atom. The number of nitrogens with one attached hydrogen (secondary N) is 3. The van der Waals surface area contributed by atoms with Crippen LogP contribution in [0.4, 0.5) is 4.39 Å². The van der Waals surface area contributed by atoms with Crippen molar-refractivity contribution in [3.63, 3.8) is 0 Å². The first kappa shape index (κ1) is 37.8. The number of carbonyl (C=O) groups is 3. The monoisotopic (exact) mass is 766 g/mol. The van der Waals surface area contributed by atoms with Crippen LogP contribution in [0.1, 0.15) is 87.8 Å². The molecule has 290 valence electrons. The summed E-state index contributed by atoms with van der Waals surface area (Å²) in [5.41, 5.74) is -0.239. The molecule has 17 heteroatoms. The maximum Gasteiger partial charge on any atom is 0.270 e. The van der Waals surface area contributed by atoms with Gasteiger partial charge in [0.05, 0.1) is 22.3 Å². The van der Waals surface area contributed by atoms with Gasteiger partial charge in [0, 0.05) is 25.6 Å². The number of benzene rings is 1. The fourth-order valence-corrected chi connectivity index (χ4v) is 8.91. The number of halogens is 1. The molecule has 3 aromatic rings. The topological polar surface area (TPSA) is 198 Å². The summed E-state index contributed by atoms with van der Waals surface area (Å²) in [5.74, 6) is -2.47. The summed E-state index contributed by atoms with van der Waals surface area (Å²) in [6, 6.07) is 3.88. The fourth-order valence-electron chi connectivity index (χ4n) is 7.48. The maximum absolute atomic E-state index is 14.8. The number of allylic oxidation sites excluding steroid dienone is 1. The standard InChI is InChI=1S/C37H47FN8O7S/c1-4-25-33(42-30-24(38)12-10-14-26(30)40-25)53-23-19-29-32(48)43-37(35(50)44-54(51,52)36(2)16-17-36)20-22(37)11-8-6-5-7-9-13-27(34(49)46(29)21-23)41-31(47)28-15-18-39-45(28)3/h8,10-12,14-15,18,22-23,27,29,35,44,50H,4-7,9,13,16-17,19-21H2,1-3H3,(H,41,47)(H,43,48)/b11-8-/t22?,23-,27+,29+,35?,37-/m1/s1. The first-order valence-electron chi connectivity index (χ1n) is 18.6. The van der Waals surface area contributed by atoms with Gasteiger partial charge in [-0.3, -0.25) is 19.1 Å². The Hall–Kier alpha value is -4.48. The summed E-state index contributed by atoms with van der Waals surface area (Å²) in [4.78, 5) is 52.8. The number of carbonyl (C=O) groups excluding carboxylic acids is 3. The van der Waals surface area contributed by atoms with Crippen molar-refractivity contribution in [2.75, 3.05) is 6.54 Å². The van der Waals surface area contributed by atoms with Crippen LogP contribution in [0.2, 0.25) is 0 Å². The second-order valence-electron chi connectivity index (χ2n) is 15.2. The maximum atomic E-state index is 14.8. The van der Waals surface area contributed by atoms with Crippen LogP contribution in [0.3, 0.4) is 0 Å².